The monoisotopic (exact) mass is 650 g/mol. The third-order valence-corrected chi connectivity index (χ3v) is 7.27. The van der Waals surface area contributed by atoms with E-state index in [2.05, 4.69) is 0 Å². The molecule has 9 nitrogen and oxygen atoms in total. The van der Waals surface area contributed by atoms with Crippen molar-refractivity contribution in [3.05, 3.63) is 101 Å². The number of carbonyl (C=O) groups excluding carboxylic acids is 3. The van der Waals surface area contributed by atoms with Gasteiger partial charge in [-0.1, -0.05) is 41.9 Å². The number of halogens is 2. The highest BCUT2D eigenvalue weighted by Gasteiger charge is 2.36. The number of benzene rings is 3. The molecule has 1 saturated heterocycles. The van der Waals surface area contributed by atoms with E-state index in [0.717, 1.165) is 16.7 Å². The summed E-state index contributed by atoms with van der Waals surface area (Å²) in [6, 6.07) is 15.6. The van der Waals surface area contributed by atoms with Gasteiger partial charge < -0.3 is 9.47 Å². The number of methoxy groups -OCH3 is 1. The first-order valence-corrected chi connectivity index (χ1v) is 12.8. The fraction of sp³-hybridized carbons (Fsp3) is 0.0800. The number of nitro groups is 1. The largest absolute Gasteiger partial charge is 0.493 e. The van der Waals surface area contributed by atoms with Gasteiger partial charge in [-0.15, -0.1) is 0 Å². The summed E-state index contributed by atoms with van der Waals surface area (Å²) in [6.07, 6.45) is 1.51. The van der Waals surface area contributed by atoms with E-state index in [1.165, 1.54) is 31.4 Å². The number of thioether (sulfide) groups is 1. The zero-order valence-corrected chi connectivity index (χ0v) is 22.7. The normalized spacial score (nSPS) is 14.2. The lowest BCUT2D eigenvalue weighted by Crippen LogP contribution is -2.27. The summed E-state index contributed by atoms with van der Waals surface area (Å²) in [4.78, 5) is 50.0. The van der Waals surface area contributed by atoms with E-state index in [1.807, 2.05) is 22.6 Å². The highest BCUT2D eigenvalue weighted by atomic mass is 127. The number of esters is 1. The number of ether oxygens (including phenoxy) is 2. The van der Waals surface area contributed by atoms with E-state index in [4.69, 9.17) is 21.1 Å². The fourth-order valence-electron chi connectivity index (χ4n) is 3.48. The Labute approximate surface area is 233 Å². The number of amides is 2. The van der Waals surface area contributed by atoms with Gasteiger partial charge in [0.1, 0.15) is 0 Å². The highest BCUT2D eigenvalue weighted by molar-refractivity contribution is 14.1. The second kappa shape index (κ2) is 11.3. The van der Waals surface area contributed by atoms with Gasteiger partial charge >= 0.3 is 5.97 Å². The van der Waals surface area contributed by atoms with E-state index < -0.39 is 22.0 Å². The van der Waals surface area contributed by atoms with Crippen LogP contribution in [0.1, 0.15) is 21.5 Å². The molecule has 0 aromatic heterocycles. The molecular weight excluding hydrogens is 635 g/mol. The van der Waals surface area contributed by atoms with Crippen molar-refractivity contribution in [1.82, 2.24) is 4.90 Å². The first-order valence-electron chi connectivity index (χ1n) is 10.5. The van der Waals surface area contributed by atoms with Gasteiger partial charge in [0.05, 0.1) is 37.6 Å². The molecule has 12 heteroatoms. The van der Waals surface area contributed by atoms with Crippen molar-refractivity contribution in [2.45, 2.75) is 6.54 Å². The third kappa shape index (κ3) is 5.78. The minimum Gasteiger partial charge on any atom is -0.493 e. The van der Waals surface area contributed by atoms with E-state index >= 15 is 0 Å². The van der Waals surface area contributed by atoms with Crippen LogP contribution in [0.5, 0.6) is 11.5 Å². The molecule has 0 N–H and O–H groups in total. The van der Waals surface area contributed by atoms with Crippen LogP contribution in [0.3, 0.4) is 0 Å². The Morgan fingerprint density at radius 1 is 1.16 bits per heavy atom. The number of hydrogen-bond acceptors (Lipinski definition) is 8. The SMILES string of the molecule is COc1cc(/C=C2\SC(=O)N(Cc3ccccc3[N+](=O)[O-])C2=O)cc(I)c1OC(=O)c1ccccc1Cl. The lowest BCUT2D eigenvalue weighted by atomic mass is 10.1. The number of rotatable bonds is 7. The summed E-state index contributed by atoms with van der Waals surface area (Å²) in [5.41, 5.74) is 0.789. The third-order valence-electron chi connectivity index (χ3n) is 5.23. The summed E-state index contributed by atoms with van der Waals surface area (Å²) >= 11 is 8.79. The summed E-state index contributed by atoms with van der Waals surface area (Å²) in [5, 5.41) is 11.0. The lowest BCUT2D eigenvalue weighted by molar-refractivity contribution is -0.385. The number of hydrogen-bond donors (Lipinski definition) is 0. The summed E-state index contributed by atoms with van der Waals surface area (Å²) < 4.78 is 11.5. The summed E-state index contributed by atoms with van der Waals surface area (Å²) in [5.74, 6) is -0.825. The maximum Gasteiger partial charge on any atom is 0.345 e. The highest BCUT2D eigenvalue weighted by Crippen LogP contribution is 2.38. The molecule has 3 aromatic carbocycles. The van der Waals surface area contributed by atoms with E-state index in [9.17, 15) is 24.5 Å². The smallest absolute Gasteiger partial charge is 0.345 e. The van der Waals surface area contributed by atoms with E-state index in [-0.39, 0.29) is 44.8 Å². The Morgan fingerprint density at radius 2 is 1.86 bits per heavy atom. The Balaban J connectivity index is 1.59. The van der Waals surface area contributed by atoms with E-state index in [0.29, 0.717) is 9.13 Å². The Bertz CT molecular complexity index is 1480. The van der Waals surface area contributed by atoms with Crippen molar-refractivity contribution in [3.63, 3.8) is 0 Å². The Hall–Kier alpha value is -3.42. The standard InChI is InChI=1S/C25H16ClIN2O7S/c1-35-20-11-14(10-18(27)22(20)36-24(31)16-7-3-4-8-17(16)26)12-21-23(30)28(25(32)37-21)13-15-6-2-5-9-19(15)29(33)34/h2-12H,13H2,1H3/b21-12-. The number of imide groups is 1. The predicted molar refractivity (Wildman–Crippen MR) is 147 cm³/mol. The van der Waals surface area contributed by atoms with Gasteiger partial charge in [0.2, 0.25) is 0 Å². The number of para-hydroxylation sites is 1. The molecule has 1 aliphatic heterocycles. The molecule has 1 aliphatic rings. The molecule has 37 heavy (non-hydrogen) atoms. The van der Waals surface area contributed by atoms with Crippen molar-refractivity contribution in [2.24, 2.45) is 0 Å². The van der Waals surface area contributed by atoms with Crippen LogP contribution in [0.15, 0.2) is 65.6 Å². The molecule has 4 rings (SSSR count). The first kappa shape index (κ1) is 26.6. The van der Waals surface area contributed by atoms with Crippen LogP contribution in [0, 0.1) is 13.7 Å². The van der Waals surface area contributed by atoms with Crippen molar-refractivity contribution in [1.29, 1.82) is 0 Å². The molecule has 0 unspecified atom stereocenters. The molecule has 0 atom stereocenters. The van der Waals surface area contributed by atoms with Crippen LogP contribution < -0.4 is 9.47 Å². The van der Waals surface area contributed by atoms with Crippen LogP contribution in [0.2, 0.25) is 5.02 Å². The summed E-state index contributed by atoms with van der Waals surface area (Å²) in [7, 11) is 1.41. The van der Waals surface area contributed by atoms with Gasteiger partial charge in [0.15, 0.2) is 11.5 Å². The molecule has 2 amide bonds. The van der Waals surface area contributed by atoms with Crippen molar-refractivity contribution in [2.75, 3.05) is 7.11 Å². The Morgan fingerprint density at radius 3 is 2.57 bits per heavy atom. The molecule has 0 spiro atoms. The van der Waals surface area contributed by atoms with Crippen molar-refractivity contribution < 1.29 is 28.8 Å². The van der Waals surface area contributed by atoms with Gasteiger partial charge in [-0.25, -0.2) is 4.79 Å². The number of nitro benzene ring substituents is 1. The van der Waals surface area contributed by atoms with Gasteiger partial charge in [-0.3, -0.25) is 24.6 Å². The Kier molecular flexibility index (Phi) is 8.15. The van der Waals surface area contributed by atoms with Crippen LogP contribution in [-0.4, -0.2) is 34.0 Å². The lowest BCUT2D eigenvalue weighted by Gasteiger charge is -2.13. The number of nitrogens with zero attached hydrogens (tertiary/aromatic N) is 2. The minimum absolute atomic E-state index is 0.141. The molecule has 3 aromatic rings. The zero-order valence-electron chi connectivity index (χ0n) is 19.0. The molecular formula is C25H16ClIN2O7S. The van der Waals surface area contributed by atoms with Gasteiger partial charge in [0.25, 0.3) is 16.8 Å². The summed E-state index contributed by atoms with van der Waals surface area (Å²) in [6.45, 7) is -0.225. The molecule has 1 fully saturated rings. The van der Waals surface area contributed by atoms with Gasteiger partial charge in [-0.2, -0.15) is 0 Å². The van der Waals surface area contributed by atoms with Crippen molar-refractivity contribution in [3.8, 4) is 11.5 Å². The number of carbonyl (C=O) groups is 3. The predicted octanol–water partition coefficient (Wildman–Crippen LogP) is 6.32. The average molecular weight is 651 g/mol. The molecule has 1 heterocycles. The second-order valence-corrected chi connectivity index (χ2v) is 10.1. The van der Waals surface area contributed by atoms with Crippen LogP contribution >= 0.6 is 46.0 Å². The van der Waals surface area contributed by atoms with Crippen LogP contribution in [0.4, 0.5) is 10.5 Å². The second-order valence-electron chi connectivity index (χ2n) is 7.56. The molecule has 188 valence electrons. The van der Waals surface area contributed by atoms with Gasteiger partial charge in [0, 0.05) is 11.6 Å². The maximum absolute atomic E-state index is 13.0. The van der Waals surface area contributed by atoms with E-state index in [1.54, 1.807) is 42.5 Å². The average Bonchev–Trinajstić information content (AvgIpc) is 3.13. The van der Waals surface area contributed by atoms with Crippen LogP contribution in [0.25, 0.3) is 6.08 Å². The first-order chi connectivity index (χ1) is 17.7. The maximum atomic E-state index is 13.0. The molecule has 0 aliphatic carbocycles. The minimum atomic E-state index is -0.661. The molecule has 0 radical (unpaired) electrons. The fourth-order valence-corrected chi connectivity index (χ4v) is 5.26. The van der Waals surface area contributed by atoms with Crippen LogP contribution in [-0.2, 0) is 11.3 Å². The molecule has 0 bridgehead atoms. The quantitative estimate of drug-likeness (QED) is 0.0729. The molecule has 0 saturated carbocycles. The zero-order chi connectivity index (χ0) is 26.7. The topological polar surface area (TPSA) is 116 Å². The van der Waals surface area contributed by atoms with Gasteiger partial charge in [-0.05, 0) is 70.3 Å². The van der Waals surface area contributed by atoms with Crippen molar-refractivity contribution >= 4 is 74.8 Å².